The van der Waals surface area contributed by atoms with E-state index in [0.29, 0.717) is 6.54 Å². The third-order valence-corrected chi connectivity index (χ3v) is 3.21. The topological polar surface area (TPSA) is 92.4 Å². The molecule has 0 aliphatic carbocycles. The number of nitrogens with one attached hydrogen (secondary N) is 1. The number of carboxylic acids is 1. The number of rotatable bonds is 5. The molecular weight excluding hydrogens is 256 g/mol. The third-order valence-electron chi connectivity index (χ3n) is 3.21. The van der Waals surface area contributed by atoms with Crippen molar-refractivity contribution in [1.29, 1.82) is 0 Å². The molecule has 1 rings (SSSR count). The van der Waals surface area contributed by atoms with Crippen LogP contribution in [0.1, 0.15) is 43.1 Å². The number of carboxylic acid groups (broad SMARTS) is 1. The lowest BCUT2D eigenvalue weighted by atomic mass is 9.85. The Morgan fingerprint density at radius 2 is 1.80 bits per heavy atom. The van der Waals surface area contributed by atoms with Crippen LogP contribution in [0.4, 0.5) is 0 Å². The van der Waals surface area contributed by atoms with E-state index in [1.54, 1.807) is 12.1 Å². The summed E-state index contributed by atoms with van der Waals surface area (Å²) in [6.07, 6.45) is 0.275. The molecule has 0 saturated heterocycles. The van der Waals surface area contributed by atoms with Crippen LogP contribution in [-0.2, 0) is 11.3 Å². The molecule has 0 aliphatic heterocycles. The first-order chi connectivity index (χ1) is 9.20. The number of hydrogen-bond donors (Lipinski definition) is 3. The highest BCUT2D eigenvalue weighted by atomic mass is 16.4. The van der Waals surface area contributed by atoms with Gasteiger partial charge in [-0.3, -0.25) is 4.79 Å². The maximum Gasteiger partial charge on any atom is 0.335 e. The molecule has 1 amide bonds. The van der Waals surface area contributed by atoms with Gasteiger partial charge in [0.1, 0.15) is 0 Å². The zero-order valence-electron chi connectivity index (χ0n) is 12.1. The summed E-state index contributed by atoms with van der Waals surface area (Å²) in [5.41, 5.74) is 6.92. The van der Waals surface area contributed by atoms with Gasteiger partial charge in [-0.05, 0) is 23.1 Å². The normalized spacial score (nSPS) is 12.8. The zero-order valence-corrected chi connectivity index (χ0v) is 12.1. The van der Waals surface area contributed by atoms with Gasteiger partial charge in [-0.2, -0.15) is 0 Å². The lowest BCUT2D eigenvalue weighted by Gasteiger charge is -2.26. The van der Waals surface area contributed by atoms with Gasteiger partial charge in [0.15, 0.2) is 0 Å². The Kier molecular flexibility index (Phi) is 5.27. The molecule has 0 radical (unpaired) electrons. The van der Waals surface area contributed by atoms with Crippen molar-refractivity contribution in [2.24, 2.45) is 11.1 Å². The zero-order chi connectivity index (χ0) is 15.3. The van der Waals surface area contributed by atoms with Crippen LogP contribution >= 0.6 is 0 Å². The van der Waals surface area contributed by atoms with Gasteiger partial charge in [-0.25, -0.2) is 4.79 Å². The van der Waals surface area contributed by atoms with Gasteiger partial charge in [-0.1, -0.05) is 32.9 Å². The van der Waals surface area contributed by atoms with Gasteiger partial charge < -0.3 is 16.2 Å². The predicted octanol–water partition coefficient (Wildman–Crippen LogP) is 1.76. The number of amides is 1. The van der Waals surface area contributed by atoms with E-state index in [0.717, 1.165) is 5.56 Å². The van der Waals surface area contributed by atoms with E-state index in [1.165, 1.54) is 12.1 Å². The molecule has 0 heterocycles. The molecule has 0 saturated carbocycles. The van der Waals surface area contributed by atoms with Crippen LogP contribution in [0.15, 0.2) is 24.3 Å². The average Bonchev–Trinajstić information content (AvgIpc) is 2.35. The van der Waals surface area contributed by atoms with E-state index < -0.39 is 5.97 Å². The van der Waals surface area contributed by atoms with E-state index >= 15 is 0 Å². The Hall–Kier alpha value is -1.88. The highest BCUT2D eigenvalue weighted by Gasteiger charge is 2.22. The minimum atomic E-state index is -0.961. The van der Waals surface area contributed by atoms with Gasteiger partial charge in [0.05, 0.1) is 5.56 Å². The molecule has 0 spiro atoms. The lowest BCUT2D eigenvalue weighted by Crippen LogP contribution is -2.40. The molecule has 1 unspecified atom stereocenters. The van der Waals surface area contributed by atoms with Crippen molar-refractivity contribution in [2.45, 2.75) is 39.8 Å². The summed E-state index contributed by atoms with van der Waals surface area (Å²) in [6, 6.07) is 6.22. The highest BCUT2D eigenvalue weighted by Crippen LogP contribution is 2.19. The summed E-state index contributed by atoms with van der Waals surface area (Å²) in [5, 5.41) is 11.6. The Balaban J connectivity index is 2.47. The van der Waals surface area contributed by atoms with Crippen molar-refractivity contribution in [3.05, 3.63) is 35.4 Å². The Morgan fingerprint density at radius 1 is 1.25 bits per heavy atom. The fourth-order valence-corrected chi connectivity index (χ4v) is 1.54. The van der Waals surface area contributed by atoms with E-state index in [-0.39, 0.29) is 29.3 Å². The molecule has 0 aromatic heterocycles. The smallest absolute Gasteiger partial charge is 0.335 e. The van der Waals surface area contributed by atoms with Gasteiger partial charge in [0.2, 0.25) is 5.91 Å². The number of hydrogen-bond acceptors (Lipinski definition) is 3. The predicted molar refractivity (Wildman–Crippen MR) is 77.3 cm³/mol. The van der Waals surface area contributed by atoms with E-state index in [2.05, 4.69) is 5.32 Å². The number of benzene rings is 1. The molecule has 0 bridgehead atoms. The van der Waals surface area contributed by atoms with Crippen LogP contribution in [0.25, 0.3) is 0 Å². The fraction of sp³-hybridized carbons (Fsp3) is 0.467. The molecule has 1 aromatic carbocycles. The number of nitrogens with two attached hydrogens (primary N) is 1. The van der Waals surface area contributed by atoms with Gasteiger partial charge in [0.25, 0.3) is 0 Å². The van der Waals surface area contributed by atoms with Crippen molar-refractivity contribution < 1.29 is 14.7 Å². The molecule has 5 heteroatoms. The second kappa shape index (κ2) is 6.52. The van der Waals surface area contributed by atoms with Crippen LogP contribution in [-0.4, -0.2) is 23.0 Å². The van der Waals surface area contributed by atoms with Crippen molar-refractivity contribution in [1.82, 2.24) is 5.32 Å². The quantitative estimate of drug-likeness (QED) is 0.765. The summed E-state index contributed by atoms with van der Waals surface area (Å²) in [4.78, 5) is 22.5. The summed E-state index contributed by atoms with van der Waals surface area (Å²) >= 11 is 0. The standard InChI is InChI=1S/C15H22N2O3/c1-15(2,3)12(16)8-13(18)17-9-10-4-6-11(7-5-10)14(19)20/h4-7,12H,8-9,16H2,1-3H3,(H,17,18)(H,19,20). The largest absolute Gasteiger partial charge is 0.478 e. The van der Waals surface area contributed by atoms with Crippen molar-refractivity contribution in [3.63, 3.8) is 0 Å². The Morgan fingerprint density at radius 3 is 2.25 bits per heavy atom. The Labute approximate surface area is 119 Å². The summed E-state index contributed by atoms with van der Waals surface area (Å²) in [5.74, 6) is -1.06. The first-order valence-corrected chi connectivity index (χ1v) is 6.54. The van der Waals surface area contributed by atoms with Crippen LogP contribution in [0, 0.1) is 5.41 Å². The highest BCUT2D eigenvalue weighted by molar-refractivity contribution is 5.87. The number of aromatic carboxylic acids is 1. The van der Waals surface area contributed by atoms with Crippen LogP contribution < -0.4 is 11.1 Å². The molecule has 5 nitrogen and oxygen atoms in total. The van der Waals surface area contributed by atoms with Crippen LogP contribution in [0.5, 0.6) is 0 Å². The number of carbonyl (C=O) groups excluding carboxylic acids is 1. The minimum absolute atomic E-state index is 0.102. The lowest BCUT2D eigenvalue weighted by molar-refractivity contribution is -0.122. The molecular formula is C15H22N2O3. The maximum absolute atomic E-state index is 11.8. The first-order valence-electron chi connectivity index (χ1n) is 6.54. The third kappa shape index (κ3) is 5.01. The summed E-state index contributed by atoms with van der Waals surface area (Å²) in [7, 11) is 0. The molecule has 0 fully saturated rings. The molecule has 110 valence electrons. The minimum Gasteiger partial charge on any atom is -0.478 e. The van der Waals surface area contributed by atoms with Crippen molar-refractivity contribution in [3.8, 4) is 0 Å². The number of carbonyl (C=O) groups is 2. The summed E-state index contributed by atoms with van der Waals surface area (Å²) < 4.78 is 0. The maximum atomic E-state index is 11.8. The van der Waals surface area contributed by atoms with E-state index in [9.17, 15) is 9.59 Å². The van der Waals surface area contributed by atoms with Gasteiger partial charge in [0, 0.05) is 19.0 Å². The molecule has 20 heavy (non-hydrogen) atoms. The van der Waals surface area contributed by atoms with Gasteiger partial charge >= 0.3 is 5.97 Å². The SMILES string of the molecule is CC(C)(C)C(N)CC(=O)NCc1ccc(C(=O)O)cc1. The van der Waals surface area contributed by atoms with E-state index in [4.69, 9.17) is 10.8 Å². The molecule has 4 N–H and O–H groups in total. The second-order valence-corrected chi connectivity index (χ2v) is 5.96. The van der Waals surface area contributed by atoms with Gasteiger partial charge in [-0.15, -0.1) is 0 Å². The molecule has 1 aromatic rings. The first kappa shape index (κ1) is 16.2. The van der Waals surface area contributed by atoms with Crippen molar-refractivity contribution >= 4 is 11.9 Å². The molecule has 1 atom stereocenters. The Bertz CT molecular complexity index is 475. The van der Waals surface area contributed by atoms with E-state index in [1.807, 2.05) is 20.8 Å². The second-order valence-electron chi connectivity index (χ2n) is 5.96. The monoisotopic (exact) mass is 278 g/mol. The van der Waals surface area contributed by atoms with Crippen LogP contribution in [0.3, 0.4) is 0 Å². The fourth-order valence-electron chi connectivity index (χ4n) is 1.54. The van der Waals surface area contributed by atoms with Crippen LogP contribution in [0.2, 0.25) is 0 Å². The van der Waals surface area contributed by atoms with Crippen molar-refractivity contribution in [2.75, 3.05) is 0 Å². The average molecular weight is 278 g/mol. The molecule has 0 aliphatic rings. The summed E-state index contributed by atoms with van der Waals surface area (Å²) in [6.45, 7) is 6.36.